The molecule has 2 N–H and O–H groups in total. The van der Waals surface area contributed by atoms with E-state index in [1.807, 2.05) is 24.3 Å². The SMILES string of the molecule is CC(C)c1ccc(OCC(=O)Nc2ccc(NC(=O)C3CC3)cc2)cc1. The Morgan fingerprint density at radius 2 is 1.54 bits per heavy atom. The molecule has 136 valence electrons. The first-order chi connectivity index (χ1) is 12.5. The molecular weight excluding hydrogens is 328 g/mol. The molecule has 26 heavy (non-hydrogen) atoms. The fourth-order valence-corrected chi connectivity index (χ4v) is 2.52. The number of benzene rings is 2. The maximum Gasteiger partial charge on any atom is 0.262 e. The molecule has 3 rings (SSSR count). The van der Waals surface area contributed by atoms with Crippen molar-refractivity contribution < 1.29 is 14.3 Å². The predicted molar refractivity (Wildman–Crippen MR) is 102 cm³/mol. The van der Waals surface area contributed by atoms with Gasteiger partial charge in [0.1, 0.15) is 5.75 Å². The van der Waals surface area contributed by atoms with Crippen molar-refractivity contribution in [3.63, 3.8) is 0 Å². The van der Waals surface area contributed by atoms with Crippen molar-refractivity contribution in [1.29, 1.82) is 0 Å². The Morgan fingerprint density at radius 1 is 0.962 bits per heavy atom. The van der Waals surface area contributed by atoms with Crippen LogP contribution in [0.2, 0.25) is 0 Å². The molecule has 0 heterocycles. The van der Waals surface area contributed by atoms with Crippen molar-refractivity contribution in [2.75, 3.05) is 17.2 Å². The van der Waals surface area contributed by atoms with Gasteiger partial charge in [-0.15, -0.1) is 0 Å². The monoisotopic (exact) mass is 352 g/mol. The largest absolute Gasteiger partial charge is 0.484 e. The van der Waals surface area contributed by atoms with Gasteiger partial charge in [0.2, 0.25) is 5.91 Å². The highest BCUT2D eigenvalue weighted by Crippen LogP contribution is 2.30. The van der Waals surface area contributed by atoms with Gasteiger partial charge in [-0.2, -0.15) is 0 Å². The summed E-state index contributed by atoms with van der Waals surface area (Å²) in [5, 5.41) is 5.65. The van der Waals surface area contributed by atoms with Gasteiger partial charge in [-0.25, -0.2) is 0 Å². The van der Waals surface area contributed by atoms with Gasteiger partial charge in [0, 0.05) is 17.3 Å². The van der Waals surface area contributed by atoms with Crippen LogP contribution in [0, 0.1) is 5.92 Å². The molecule has 0 unspecified atom stereocenters. The molecule has 1 saturated carbocycles. The predicted octanol–water partition coefficient (Wildman–Crippen LogP) is 4.18. The van der Waals surface area contributed by atoms with Crippen LogP contribution in [0.1, 0.15) is 38.2 Å². The van der Waals surface area contributed by atoms with Crippen molar-refractivity contribution in [3.8, 4) is 5.75 Å². The molecule has 1 aliphatic carbocycles. The Labute approximate surface area is 153 Å². The highest BCUT2D eigenvalue weighted by molar-refractivity contribution is 5.95. The van der Waals surface area contributed by atoms with Crippen LogP contribution < -0.4 is 15.4 Å². The molecule has 1 fully saturated rings. The molecular formula is C21H24N2O3. The number of carbonyl (C=O) groups is 2. The lowest BCUT2D eigenvalue weighted by molar-refractivity contribution is -0.118. The topological polar surface area (TPSA) is 67.4 Å². The zero-order valence-electron chi connectivity index (χ0n) is 15.1. The molecule has 0 bridgehead atoms. The minimum Gasteiger partial charge on any atom is -0.484 e. The first kappa shape index (κ1) is 18.0. The van der Waals surface area contributed by atoms with Crippen LogP contribution in [0.4, 0.5) is 11.4 Å². The van der Waals surface area contributed by atoms with E-state index < -0.39 is 0 Å². The number of hydrogen-bond acceptors (Lipinski definition) is 3. The first-order valence-electron chi connectivity index (χ1n) is 8.95. The molecule has 2 aromatic carbocycles. The Morgan fingerprint density at radius 3 is 2.08 bits per heavy atom. The molecule has 0 aliphatic heterocycles. The lowest BCUT2D eigenvalue weighted by atomic mass is 10.0. The number of nitrogens with one attached hydrogen (secondary N) is 2. The smallest absolute Gasteiger partial charge is 0.262 e. The van der Waals surface area contributed by atoms with Gasteiger partial charge in [-0.1, -0.05) is 26.0 Å². The van der Waals surface area contributed by atoms with E-state index in [1.165, 1.54) is 5.56 Å². The van der Waals surface area contributed by atoms with E-state index in [9.17, 15) is 9.59 Å². The van der Waals surface area contributed by atoms with Gasteiger partial charge in [0.15, 0.2) is 6.61 Å². The van der Waals surface area contributed by atoms with E-state index in [2.05, 4.69) is 24.5 Å². The van der Waals surface area contributed by atoms with Crippen LogP contribution >= 0.6 is 0 Å². The van der Waals surface area contributed by atoms with E-state index in [4.69, 9.17) is 4.74 Å². The summed E-state index contributed by atoms with van der Waals surface area (Å²) in [7, 11) is 0. The highest BCUT2D eigenvalue weighted by atomic mass is 16.5. The summed E-state index contributed by atoms with van der Waals surface area (Å²) in [6.45, 7) is 4.21. The fraction of sp³-hybridized carbons (Fsp3) is 0.333. The number of amides is 2. The van der Waals surface area contributed by atoms with E-state index in [1.54, 1.807) is 24.3 Å². The zero-order valence-corrected chi connectivity index (χ0v) is 15.1. The van der Waals surface area contributed by atoms with Gasteiger partial charge in [-0.3, -0.25) is 9.59 Å². The van der Waals surface area contributed by atoms with Crippen molar-refractivity contribution >= 4 is 23.2 Å². The number of anilines is 2. The van der Waals surface area contributed by atoms with Crippen molar-refractivity contribution in [2.45, 2.75) is 32.6 Å². The molecule has 2 amide bonds. The van der Waals surface area contributed by atoms with E-state index in [0.29, 0.717) is 17.4 Å². The molecule has 5 nitrogen and oxygen atoms in total. The average molecular weight is 352 g/mol. The molecule has 5 heteroatoms. The third-order valence-corrected chi connectivity index (χ3v) is 4.30. The minimum absolute atomic E-state index is 0.0544. The third-order valence-electron chi connectivity index (χ3n) is 4.30. The quantitative estimate of drug-likeness (QED) is 0.786. The van der Waals surface area contributed by atoms with Crippen LogP contribution in [-0.2, 0) is 9.59 Å². The van der Waals surface area contributed by atoms with Crippen LogP contribution in [0.15, 0.2) is 48.5 Å². The second-order valence-electron chi connectivity index (χ2n) is 6.90. The summed E-state index contributed by atoms with van der Waals surface area (Å²) in [5.41, 5.74) is 2.63. The molecule has 0 radical (unpaired) electrons. The normalized spacial score (nSPS) is 13.3. The summed E-state index contributed by atoms with van der Waals surface area (Å²) in [6, 6.07) is 14.8. The summed E-state index contributed by atoms with van der Waals surface area (Å²) in [6.07, 6.45) is 1.94. The summed E-state index contributed by atoms with van der Waals surface area (Å²) in [4.78, 5) is 23.7. The third kappa shape index (κ3) is 5.09. The van der Waals surface area contributed by atoms with E-state index >= 15 is 0 Å². The maximum absolute atomic E-state index is 12.0. The number of ether oxygens (including phenoxy) is 1. The van der Waals surface area contributed by atoms with Crippen LogP contribution in [-0.4, -0.2) is 18.4 Å². The van der Waals surface area contributed by atoms with Crippen molar-refractivity contribution in [3.05, 3.63) is 54.1 Å². The zero-order chi connectivity index (χ0) is 18.5. The maximum atomic E-state index is 12.0. The average Bonchev–Trinajstić information content (AvgIpc) is 3.47. The number of hydrogen-bond donors (Lipinski definition) is 2. The van der Waals surface area contributed by atoms with Crippen LogP contribution in [0.5, 0.6) is 5.75 Å². The summed E-state index contributed by atoms with van der Waals surface area (Å²) < 4.78 is 5.52. The molecule has 0 saturated heterocycles. The second-order valence-corrected chi connectivity index (χ2v) is 6.90. The van der Waals surface area contributed by atoms with Crippen molar-refractivity contribution in [1.82, 2.24) is 0 Å². The van der Waals surface area contributed by atoms with Gasteiger partial charge in [-0.05, 0) is 60.7 Å². The Kier molecular flexibility index (Phi) is 5.56. The standard InChI is InChI=1S/C21H24N2O3/c1-14(2)15-5-11-19(12-6-15)26-13-20(24)22-17-7-9-18(10-8-17)23-21(25)16-3-4-16/h5-12,14,16H,3-4,13H2,1-2H3,(H,22,24)(H,23,25). The Balaban J connectivity index is 1.45. The number of rotatable bonds is 7. The minimum atomic E-state index is -0.229. The van der Waals surface area contributed by atoms with E-state index in [-0.39, 0.29) is 24.3 Å². The van der Waals surface area contributed by atoms with Crippen LogP contribution in [0.25, 0.3) is 0 Å². The number of carbonyl (C=O) groups excluding carboxylic acids is 2. The van der Waals surface area contributed by atoms with Gasteiger partial charge < -0.3 is 15.4 Å². The lowest BCUT2D eigenvalue weighted by Crippen LogP contribution is -2.20. The summed E-state index contributed by atoms with van der Waals surface area (Å²) in [5.74, 6) is 1.14. The lowest BCUT2D eigenvalue weighted by Gasteiger charge is -2.10. The molecule has 2 aromatic rings. The first-order valence-corrected chi connectivity index (χ1v) is 8.95. The fourth-order valence-electron chi connectivity index (χ4n) is 2.52. The van der Waals surface area contributed by atoms with E-state index in [0.717, 1.165) is 18.5 Å². The van der Waals surface area contributed by atoms with Crippen molar-refractivity contribution in [2.24, 2.45) is 5.92 Å². The van der Waals surface area contributed by atoms with Gasteiger partial charge in [0.25, 0.3) is 5.91 Å². The van der Waals surface area contributed by atoms with Gasteiger partial charge >= 0.3 is 0 Å². The summed E-state index contributed by atoms with van der Waals surface area (Å²) >= 11 is 0. The molecule has 0 aromatic heterocycles. The molecule has 1 aliphatic rings. The van der Waals surface area contributed by atoms with Crippen LogP contribution in [0.3, 0.4) is 0 Å². The highest BCUT2D eigenvalue weighted by Gasteiger charge is 2.29. The second kappa shape index (κ2) is 8.04. The Hall–Kier alpha value is -2.82. The molecule has 0 atom stereocenters. The van der Waals surface area contributed by atoms with Gasteiger partial charge in [0.05, 0.1) is 0 Å². The Bertz CT molecular complexity index is 763. The molecule has 0 spiro atoms.